The van der Waals surface area contributed by atoms with Crippen LogP contribution in [0.3, 0.4) is 0 Å². The van der Waals surface area contributed by atoms with Crippen LogP contribution in [0.25, 0.3) is 0 Å². The van der Waals surface area contributed by atoms with Crippen LogP contribution < -0.4 is 39.1 Å². The van der Waals surface area contributed by atoms with Crippen LogP contribution in [0.5, 0.6) is 0 Å². The van der Waals surface area contributed by atoms with E-state index in [2.05, 4.69) is 0 Å². The maximum absolute atomic E-state index is 8.52. The van der Waals surface area contributed by atoms with Crippen molar-refractivity contribution in [3.05, 3.63) is 0 Å². The van der Waals surface area contributed by atoms with Crippen molar-refractivity contribution < 1.29 is 87.2 Å². The molecule has 0 saturated heterocycles. The Bertz CT molecular complexity index is 36.6. The molecule has 60 valence electrons. The van der Waals surface area contributed by atoms with Crippen molar-refractivity contribution in [2.75, 3.05) is 0 Å². The van der Waals surface area contributed by atoms with Gasteiger partial charge >= 0.3 is 29.6 Å². The third-order valence-corrected chi connectivity index (χ3v) is 0. The van der Waals surface area contributed by atoms with Crippen molar-refractivity contribution in [2.45, 2.75) is 0 Å². The topological polar surface area (TPSA) is 183 Å². The fourth-order valence-electron chi connectivity index (χ4n) is 0. The summed E-state index contributed by atoms with van der Waals surface area (Å²) in [7, 11) is -3.63. The molecule has 0 radical (unpaired) electrons. The maximum Gasteiger partial charge on any atom is 1.00 e. The van der Waals surface area contributed by atoms with Crippen LogP contribution >= 0.6 is 0 Å². The molecule has 10 heavy (non-hydrogen) atoms. The van der Waals surface area contributed by atoms with Gasteiger partial charge in [0, 0.05) is 30.9 Å². The molecule has 0 aliphatic rings. The van der Waals surface area contributed by atoms with Crippen molar-refractivity contribution >= 4 is 9.17 Å². The molecule has 4 N–H and O–H groups in total. The van der Waals surface area contributed by atoms with E-state index in [0.29, 0.717) is 0 Å². The molecule has 7 nitrogen and oxygen atoms in total. The summed E-state index contributed by atoms with van der Waals surface area (Å²) in [6, 6.07) is 0. The van der Waals surface area contributed by atoms with E-state index in [0.717, 1.165) is 0 Å². The Balaban J connectivity index is -0.00000000300. The van der Waals surface area contributed by atoms with Gasteiger partial charge in [-0.15, -0.1) is 0 Å². The van der Waals surface area contributed by atoms with E-state index in [1.807, 2.05) is 0 Å². The SMILES string of the molecule is O=[Si]([O-])[O-].[Na+].[OH-].[OH-].[OH-].[OH-].[Ti]. The van der Waals surface area contributed by atoms with Crippen LogP contribution in [-0.4, -0.2) is 31.1 Å². The van der Waals surface area contributed by atoms with E-state index >= 15 is 0 Å². The fourth-order valence-corrected chi connectivity index (χ4v) is 0. The molecule has 0 rings (SSSR count). The van der Waals surface area contributed by atoms with Crippen molar-refractivity contribution in [1.82, 2.24) is 0 Å². The smallest absolute Gasteiger partial charge is 0.870 e. The fraction of sp³-hybridized carbons (Fsp3) is 0. The van der Waals surface area contributed by atoms with Crippen LogP contribution in [0.2, 0.25) is 0 Å². The first-order chi connectivity index (χ1) is 1.73. The Hall–Kier alpha value is 1.17. The first kappa shape index (κ1) is 66.4. The minimum absolute atomic E-state index is 0. The quantitative estimate of drug-likeness (QED) is 0.359. The van der Waals surface area contributed by atoms with Crippen LogP contribution in [0.4, 0.5) is 0 Å². The molecule has 0 amide bonds. The van der Waals surface area contributed by atoms with E-state index in [-0.39, 0.29) is 73.2 Å². The summed E-state index contributed by atoms with van der Waals surface area (Å²) in [5.41, 5.74) is 0. The summed E-state index contributed by atoms with van der Waals surface area (Å²) >= 11 is 0. The molecule has 0 spiro atoms. The van der Waals surface area contributed by atoms with Gasteiger partial charge in [-0.05, 0) is 0 Å². The van der Waals surface area contributed by atoms with Gasteiger partial charge in [0.15, 0.2) is 0 Å². The number of hydrogen-bond acceptors (Lipinski definition) is 7. The van der Waals surface area contributed by atoms with Gasteiger partial charge < -0.3 is 36.0 Å². The monoisotopic (exact) mass is 215 g/mol. The Kier molecular flexibility index (Phi) is 327. The Morgan fingerprint density at radius 3 is 0.900 bits per heavy atom. The largest absolute Gasteiger partial charge is 1.00 e. The zero-order chi connectivity index (χ0) is 3.58. The standard InChI is InChI=1S/Na.O3Si.4H2O.Ti/c;1-4(2)3;;;;;/h;;4*1H2;/q+1;-2;;;;;/p-4. The zero-order valence-corrected chi connectivity index (χ0v) is 9.58. The molecular weight excluding hydrogens is 211 g/mol. The summed E-state index contributed by atoms with van der Waals surface area (Å²) in [5, 5.41) is 0. The molecule has 0 aromatic carbocycles. The van der Waals surface area contributed by atoms with Gasteiger partial charge in [-0.1, -0.05) is 0 Å². The van der Waals surface area contributed by atoms with Gasteiger partial charge in [-0.2, -0.15) is 0 Å². The Morgan fingerprint density at radius 1 is 0.900 bits per heavy atom. The summed E-state index contributed by atoms with van der Waals surface area (Å²) < 4.78 is 8.52. The third-order valence-electron chi connectivity index (χ3n) is 0. The number of rotatable bonds is 0. The predicted molar refractivity (Wildman–Crippen MR) is 14.2 cm³/mol. The second-order valence-electron chi connectivity index (χ2n) is 0.250. The van der Waals surface area contributed by atoms with Gasteiger partial charge in [0.1, 0.15) is 0 Å². The molecule has 0 fully saturated rings. The van der Waals surface area contributed by atoms with Gasteiger partial charge in [-0.25, -0.2) is 0 Å². The zero-order valence-electron chi connectivity index (χ0n) is 5.01. The van der Waals surface area contributed by atoms with Crippen LogP contribution in [0.15, 0.2) is 0 Å². The summed E-state index contributed by atoms with van der Waals surface area (Å²) in [6.45, 7) is 0. The molecule has 0 heterocycles. The molecule has 0 bridgehead atoms. The second-order valence-corrected chi connectivity index (χ2v) is 0.750. The van der Waals surface area contributed by atoms with Crippen molar-refractivity contribution in [3.8, 4) is 0 Å². The molecule has 0 saturated carbocycles. The normalized spacial score (nSPS) is 2.40. The van der Waals surface area contributed by atoms with E-state index in [9.17, 15) is 0 Å². The Morgan fingerprint density at radius 2 is 0.900 bits per heavy atom. The first-order valence-corrected chi connectivity index (χ1v) is 1.84. The van der Waals surface area contributed by atoms with Gasteiger partial charge in [0.05, 0.1) is 0 Å². The molecule has 0 aromatic heterocycles. The minimum Gasteiger partial charge on any atom is -0.870 e. The number of hydrogen-bond donors (Lipinski definition) is 0. The summed E-state index contributed by atoms with van der Waals surface area (Å²) in [4.78, 5) is 17.0. The van der Waals surface area contributed by atoms with Gasteiger partial charge in [0.25, 0.3) is 0 Å². The maximum atomic E-state index is 8.52. The second kappa shape index (κ2) is 49.2. The molecule has 0 unspecified atom stereocenters. The summed E-state index contributed by atoms with van der Waals surface area (Å²) in [5.74, 6) is 0. The molecule has 0 aliphatic heterocycles. The minimum atomic E-state index is -3.63. The first-order valence-electron chi connectivity index (χ1n) is 0.612. The van der Waals surface area contributed by atoms with Crippen molar-refractivity contribution in [1.29, 1.82) is 0 Å². The van der Waals surface area contributed by atoms with E-state index < -0.39 is 9.17 Å². The van der Waals surface area contributed by atoms with Crippen molar-refractivity contribution in [3.63, 3.8) is 0 Å². The predicted octanol–water partition coefficient (Wildman–Crippen LogP) is -6.58. The van der Waals surface area contributed by atoms with Crippen molar-refractivity contribution in [2.24, 2.45) is 0 Å². The van der Waals surface area contributed by atoms with Gasteiger partial charge in [-0.3, -0.25) is 0 Å². The van der Waals surface area contributed by atoms with Gasteiger partial charge in [0.2, 0.25) is 0 Å². The average Bonchev–Trinajstić information content (AvgIpc) is 0.811. The molecule has 10 heteroatoms. The van der Waals surface area contributed by atoms with E-state index in [4.69, 9.17) is 14.1 Å². The molecule has 0 aromatic rings. The molecule has 0 aliphatic carbocycles. The molecule has 0 atom stereocenters. The van der Waals surface area contributed by atoms with E-state index in [1.54, 1.807) is 0 Å². The van der Waals surface area contributed by atoms with E-state index in [1.165, 1.54) is 0 Å². The molecular formula is H4NaO7SiTi-5. The third kappa shape index (κ3) is 446. The van der Waals surface area contributed by atoms with Crippen LogP contribution in [0.1, 0.15) is 0 Å². The Labute approximate surface area is 95.8 Å². The van der Waals surface area contributed by atoms with Crippen LogP contribution in [-0.2, 0) is 26.2 Å². The summed E-state index contributed by atoms with van der Waals surface area (Å²) in [6.07, 6.45) is 0. The average molecular weight is 215 g/mol. The van der Waals surface area contributed by atoms with Crippen LogP contribution in [0, 0.1) is 0 Å².